The van der Waals surface area contributed by atoms with Gasteiger partial charge in [-0.1, -0.05) is 142 Å². The Hall–Kier alpha value is -4.04. The van der Waals surface area contributed by atoms with E-state index in [2.05, 4.69) is 44.5 Å². The van der Waals surface area contributed by atoms with Crippen molar-refractivity contribution in [1.82, 2.24) is 10.6 Å². The van der Waals surface area contributed by atoms with E-state index in [0.29, 0.717) is 6.42 Å². The van der Waals surface area contributed by atoms with E-state index in [9.17, 15) is 14.7 Å². The van der Waals surface area contributed by atoms with Gasteiger partial charge in [-0.15, -0.1) is 0 Å². The number of aliphatic hydroxyl groups excluding tert-OH is 1. The van der Waals surface area contributed by atoms with Crippen LogP contribution < -0.4 is 10.6 Å². The van der Waals surface area contributed by atoms with Gasteiger partial charge in [0.05, 0.1) is 12.6 Å². The van der Waals surface area contributed by atoms with Crippen molar-refractivity contribution in [2.45, 2.75) is 75.9 Å². The fourth-order valence-corrected chi connectivity index (χ4v) is 6.36. The lowest BCUT2D eigenvalue weighted by atomic mass is 9.77. The summed E-state index contributed by atoms with van der Waals surface area (Å²) in [7, 11) is -2.15. The fourth-order valence-electron chi connectivity index (χ4n) is 5.31. The Bertz CT molecular complexity index is 1430. The van der Waals surface area contributed by atoms with Gasteiger partial charge in [0.2, 0.25) is 11.8 Å². The third-order valence-electron chi connectivity index (χ3n) is 9.04. The van der Waals surface area contributed by atoms with E-state index >= 15 is 0 Å². The molecule has 0 aliphatic heterocycles. The standard InChI is InChI=1S/C39H48N2O4Si/c1-38(2,3)46(4,5)45-29-34(40-37(44)35(42)28-30-18-10-6-11-19-30)26-27-36(43)41-39(31-20-12-7-13-21-31,32-22-14-8-15-23-32)33-24-16-9-17-25-33/h6-25,34-35,42H,26-29H2,1-5H3,(H,40,44)(H,41,43)/t34-,35-/m0/s1. The van der Waals surface area contributed by atoms with Crippen LogP contribution in [0.25, 0.3) is 0 Å². The average molecular weight is 637 g/mol. The van der Waals surface area contributed by atoms with Gasteiger partial charge in [-0.05, 0) is 46.8 Å². The van der Waals surface area contributed by atoms with Crippen LogP contribution in [0.5, 0.6) is 0 Å². The second-order valence-electron chi connectivity index (χ2n) is 13.4. The average Bonchev–Trinajstić information content (AvgIpc) is 3.06. The first kappa shape index (κ1) is 34.8. The minimum atomic E-state index is -2.15. The molecule has 0 saturated carbocycles. The highest BCUT2D eigenvalue weighted by Gasteiger charge is 2.39. The molecule has 4 aromatic carbocycles. The summed E-state index contributed by atoms with van der Waals surface area (Å²) < 4.78 is 6.51. The molecule has 4 rings (SSSR count). The molecule has 0 unspecified atom stereocenters. The summed E-state index contributed by atoms with van der Waals surface area (Å²) in [5.41, 5.74) is 2.77. The summed E-state index contributed by atoms with van der Waals surface area (Å²) in [5.74, 6) is -0.631. The molecular weight excluding hydrogens is 589 g/mol. The van der Waals surface area contributed by atoms with Crippen molar-refractivity contribution in [2.24, 2.45) is 0 Å². The molecule has 0 aliphatic carbocycles. The molecule has 0 aromatic heterocycles. The van der Waals surface area contributed by atoms with Crippen LogP contribution in [0.4, 0.5) is 0 Å². The molecule has 0 aliphatic rings. The fraction of sp³-hybridized carbons (Fsp3) is 0.333. The Kier molecular flexibility index (Phi) is 11.7. The molecule has 4 aromatic rings. The van der Waals surface area contributed by atoms with E-state index in [-0.39, 0.29) is 30.4 Å². The van der Waals surface area contributed by atoms with Gasteiger partial charge in [-0.3, -0.25) is 9.59 Å². The van der Waals surface area contributed by atoms with Gasteiger partial charge < -0.3 is 20.2 Å². The Morgan fingerprint density at radius 1 is 0.739 bits per heavy atom. The predicted molar refractivity (Wildman–Crippen MR) is 188 cm³/mol. The minimum Gasteiger partial charge on any atom is -0.415 e. The number of carbonyl (C=O) groups excluding carboxylic acids is 2. The highest BCUT2D eigenvalue weighted by atomic mass is 28.4. The molecule has 2 atom stereocenters. The molecule has 6 nitrogen and oxygen atoms in total. The van der Waals surface area contributed by atoms with Gasteiger partial charge >= 0.3 is 0 Å². The van der Waals surface area contributed by atoms with Gasteiger partial charge in [0, 0.05) is 12.8 Å². The Morgan fingerprint density at radius 2 is 1.17 bits per heavy atom. The van der Waals surface area contributed by atoms with Crippen LogP contribution in [-0.4, -0.2) is 44.0 Å². The molecule has 0 bridgehead atoms. The first-order valence-electron chi connectivity index (χ1n) is 16.1. The second-order valence-corrected chi connectivity index (χ2v) is 18.2. The monoisotopic (exact) mass is 636 g/mol. The lowest BCUT2D eigenvalue weighted by Crippen LogP contribution is -2.50. The van der Waals surface area contributed by atoms with E-state index in [4.69, 9.17) is 4.43 Å². The molecule has 46 heavy (non-hydrogen) atoms. The van der Waals surface area contributed by atoms with Gasteiger partial charge in [0.25, 0.3) is 0 Å². The van der Waals surface area contributed by atoms with Crippen molar-refractivity contribution in [3.8, 4) is 0 Å². The summed E-state index contributed by atoms with van der Waals surface area (Å²) in [5, 5.41) is 17.2. The van der Waals surface area contributed by atoms with Crippen molar-refractivity contribution in [2.75, 3.05) is 6.61 Å². The summed E-state index contributed by atoms with van der Waals surface area (Å²) in [6.07, 6.45) is -0.516. The minimum absolute atomic E-state index is 0.0214. The van der Waals surface area contributed by atoms with E-state index in [0.717, 1.165) is 22.3 Å². The van der Waals surface area contributed by atoms with E-state index in [1.807, 2.05) is 121 Å². The highest BCUT2D eigenvalue weighted by molar-refractivity contribution is 6.74. The summed E-state index contributed by atoms with van der Waals surface area (Å²) in [4.78, 5) is 27.2. The summed E-state index contributed by atoms with van der Waals surface area (Å²) in [6.45, 7) is 11.1. The Labute approximate surface area is 275 Å². The molecule has 242 valence electrons. The second kappa shape index (κ2) is 15.5. The quantitative estimate of drug-likeness (QED) is 0.103. The van der Waals surface area contributed by atoms with Crippen LogP contribution in [0.3, 0.4) is 0 Å². The number of aliphatic hydroxyl groups is 1. The summed E-state index contributed by atoms with van der Waals surface area (Å²) in [6, 6.07) is 38.9. The van der Waals surface area contributed by atoms with Crippen LogP contribution in [0.1, 0.15) is 55.9 Å². The Balaban J connectivity index is 1.57. The zero-order chi connectivity index (χ0) is 33.2. The van der Waals surface area contributed by atoms with Gasteiger partial charge in [0.1, 0.15) is 11.6 Å². The lowest BCUT2D eigenvalue weighted by Gasteiger charge is -2.38. The topological polar surface area (TPSA) is 87.7 Å². The molecule has 0 radical (unpaired) electrons. The molecule has 2 amide bonds. The molecule has 7 heteroatoms. The maximum absolute atomic E-state index is 14.0. The number of carbonyl (C=O) groups is 2. The third kappa shape index (κ3) is 8.81. The lowest BCUT2D eigenvalue weighted by molar-refractivity contribution is -0.130. The Morgan fingerprint density at radius 3 is 1.61 bits per heavy atom. The number of benzene rings is 4. The van der Waals surface area contributed by atoms with Crippen molar-refractivity contribution >= 4 is 20.1 Å². The first-order valence-corrected chi connectivity index (χ1v) is 19.0. The molecular formula is C39H48N2O4Si. The number of hydrogen-bond acceptors (Lipinski definition) is 4. The van der Waals surface area contributed by atoms with Crippen LogP contribution in [0, 0.1) is 0 Å². The zero-order valence-corrected chi connectivity index (χ0v) is 28.7. The van der Waals surface area contributed by atoms with E-state index < -0.39 is 31.9 Å². The molecule has 0 spiro atoms. The molecule has 0 saturated heterocycles. The summed E-state index contributed by atoms with van der Waals surface area (Å²) >= 11 is 0. The van der Waals surface area contributed by atoms with Crippen molar-refractivity contribution in [3.05, 3.63) is 144 Å². The maximum Gasteiger partial charge on any atom is 0.249 e. The first-order chi connectivity index (χ1) is 21.9. The zero-order valence-electron chi connectivity index (χ0n) is 27.7. The van der Waals surface area contributed by atoms with E-state index in [1.54, 1.807) is 0 Å². The molecule has 0 fully saturated rings. The molecule has 0 heterocycles. The molecule has 3 N–H and O–H groups in total. The number of nitrogens with one attached hydrogen (secondary N) is 2. The van der Waals surface area contributed by atoms with Crippen molar-refractivity contribution in [1.29, 1.82) is 0 Å². The number of amides is 2. The van der Waals surface area contributed by atoms with Gasteiger partial charge in [-0.25, -0.2) is 0 Å². The highest BCUT2D eigenvalue weighted by Crippen LogP contribution is 2.38. The van der Waals surface area contributed by atoms with Crippen molar-refractivity contribution in [3.63, 3.8) is 0 Å². The van der Waals surface area contributed by atoms with Crippen LogP contribution in [-0.2, 0) is 26.0 Å². The van der Waals surface area contributed by atoms with E-state index in [1.165, 1.54) is 0 Å². The predicted octanol–water partition coefficient (Wildman–Crippen LogP) is 6.99. The van der Waals surface area contributed by atoms with Crippen molar-refractivity contribution < 1.29 is 19.1 Å². The number of hydrogen-bond donors (Lipinski definition) is 3. The smallest absolute Gasteiger partial charge is 0.249 e. The van der Waals surface area contributed by atoms with Crippen LogP contribution >= 0.6 is 0 Å². The number of rotatable bonds is 14. The van der Waals surface area contributed by atoms with Gasteiger partial charge in [0.15, 0.2) is 8.32 Å². The SMILES string of the molecule is CC(C)(C)[Si](C)(C)OC[C@H](CCC(=O)NC(c1ccccc1)(c1ccccc1)c1ccccc1)NC(=O)[C@@H](O)Cc1ccccc1. The third-order valence-corrected chi connectivity index (χ3v) is 13.5. The normalized spacial score (nSPS) is 13.4. The van der Waals surface area contributed by atoms with Crippen LogP contribution in [0.15, 0.2) is 121 Å². The maximum atomic E-state index is 14.0. The van der Waals surface area contributed by atoms with Crippen LogP contribution in [0.2, 0.25) is 18.1 Å². The van der Waals surface area contributed by atoms with Gasteiger partial charge in [-0.2, -0.15) is 0 Å². The largest absolute Gasteiger partial charge is 0.415 e.